The highest BCUT2D eigenvalue weighted by molar-refractivity contribution is 4.91. The maximum atomic E-state index is 2.37. The van der Waals surface area contributed by atoms with E-state index in [1.54, 1.807) is 0 Å². The first-order valence-electron chi connectivity index (χ1n) is 4.60. The molecule has 1 atom stereocenters. The Morgan fingerprint density at radius 3 is 2.50 bits per heavy atom. The van der Waals surface area contributed by atoms with Crippen LogP contribution in [0, 0.1) is 11.8 Å². The Kier molecular flexibility index (Phi) is 1.79. The van der Waals surface area contributed by atoms with Gasteiger partial charge in [0.05, 0.1) is 0 Å². The van der Waals surface area contributed by atoms with Crippen LogP contribution in [-0.4, -0.2) is 0 Å². The highest BCUT2D eigenvalue weighted by atomic mass is 14.3. The van der Waals surface area contributed by atoms with Crippen LogP contribution >= 0.6 is 0 Å². The predicted octanol–water partition coefficient (Wildman–Crippen LogP) is 3.14. The van der Waals surface area contributed by atoms with E-state index in [9.17, 15) is 0 Å². The number of rotatable bonds is 2. The smallest absolute Gasteiger partial charge is 0.0322 e. The molecule has 2 aliphatic rings. The monoisotopic (exact) mass is 136 g/mol. The largest absolute Gasteiger partial charge is 0.0885 e. The Balaban J connectivity index is 1.75. The van der Waals surface area contributed by atoms with Gasteiger partial charge in [0.1, 0.15) is 0 Å². The number of allylic oxidation sites excluding steroid dienone is 2. The maximum absolute atomic E-state index is 2.37. The van der Waals surface area contributed by atoms with Crippen molar-refractivity contribution >= 4 is 0 Å². The lowest BCUT2D eigenvalue weighted by Gasteiger charge is -2.16. The first-order chi connectivity index (χ1) is 4.95. The third-order valence-corrected chi connectivity index (χ3v) is 2.74. The summed E-state index contributed by atoms with van der Waals surface area (Å²) in [5.74, 6) is 2.19. The predicted molar refractivity (Wildman–Crippen MR) is 43.8 cm³/mol. The summed E-state index contributed by atoms with van der Waals surface area (Å²) in [5, 5.41) is 0. The molecule has 0 radical (unpaired) electrons. The van der Waals surface area contributed by atoms with E-state index in [0.717, 1.165) is 11.8 Å². The van der Waals surface area contributed by atoms with Gasteiger partial charge >= 0.3 is 0 Å². The van der Waals surface area contributed by atoms with Gasteiger partial charge in [-0.05, 0) is 37.5 Å². The van der Waals surface area contributed by atoms with Crippen LogP contribution in [0.4, 0.5) is 0 Å². The van der Waals surface area contributed by atoms with Gasteiger partial charge in [-0.2, -0.15) is 0 Å². The summed E-state index contributed by atoms with van der Waals surface area (Å²) < 4.78 is 0. The molecular weight excluding hydrogens is 120 g/mol. The fourth-order valence-electron chi connectivity index (χ4n) is 1.90. The van der Waals surface area contributed by atoms with Crippen molar-refractivity contribution in [2.45, 2.75) is 38.5 Å². The quantitative estimate of drug-likeness (QED) is 0.511. The van der Waals surface area contributed by atoms with Crippen LogP contribution in [0.1, 0.15) is 38.5 Å². The normalized spacial score (nSPS) is 32.6. The molecule has 10 heavy (non-hydrogen) atoms. The van der Waals surface area contributed by atoms with Crippen molar-refractivity contribution in [2.24, 2.45) is 11.8 Å². The molecule has 0 amide bonds. The third kappa shape index (κ3) is 1.62. The van der Waals surface area contributed by atoms with E-state index in [1.807, 2.05) is 0 Å². The fraction of sp³-hybridized carbons (Fsp3) is 0.800. The Morgan fingerprint density at radius 2 is 1.90 bits per heavy atom. The molecule has 2 rings (SSSR count). The Bertz CT molecular complexity index is 131. The molecule has 0 bridgehead atoms. The van der Waals surface area contributed by atoms with E-state index in [4.69, 9.17) is 0 Å². The molecule has 0 N–H and O–H groups in total. The maximum Gasteiger partial charge on any atom is -0.0322 e. The van der Waals surface area contributed by atoms with Gasteiger partial charge in [0.2, 0.25) is 0 Å². The van der Waals surface area contributed by atoms with Crippen LogP contribution in [0.5, 0.6) is 0 Å². The van der Waals surface area contributed by atoms with Crippen LogP contribution < -0.4 is 0 Å². The van der Waals surface area contributed by atoms with Gasteiger partial charge in [-0.1, -0.05) is 25.0 Å². The molecule has 0 aromatic carbocycles. The number of hydrogen-bond acceptors (Lipinski definition) is 0. The van der Waals surface area contributed by atoms with E-state index < -0.39 is 0 Å². The Hall–Kier alpha value is -0.260. The second-order valence-electron chi connectivity index (χ2n) is 3.83. The highest BCUT2D eigenvalue weighted by Gasteiger charge is 2.24. The van der Waals surface area contributed by atoms with Gasteiger partial charge in [0.25, 0.3) is 0 Å². The topological polar surface area (TPSA) is 0 Å². The van der Waals surface area contributed by atoms with E-state index in [1.165, 1.54) is 38.5 Å². The third-order valence-electron chi connectivity index (χ3n) is 2.74. The Morgan fingerprint density at radius 1 is 1.00 bits per heavy atom. The van der Waals surface area contributed by atoms with Gasteiger partial charge in [-0.15, -0.1) is 0 Å². The average Bonchev–Trinajstić information content (AvgIpc) is 2.74. The average molecular weight is 136 g/mol. The minimum Gasteiger partial charge on any atom is -0.0885 e. The molecule has 0 aliphatic heterocycles. The van der Waals surface area contributed by atoms with Gasteiger partial charge in [-0.25, -0.2) is 0 Å². The van der Waals surface area contributed by atoms with E-state index >= 15 is 0 Å². The zero-order valence-corrected chi connectivity index (χ0v) is 6.55. The van der Waals surface area contributed by atoms with Crippen molar-refractivity contribution in [3.63, 3.8) is 0 Å². The van der Waals surface area contributed by atoms with Gasteiger partial charge in [-0.3, -0.25) is 0 Å². The fourth-order valence-corrected chi connectivity index (χ4v) is 1.90. The standard InChI is InChI=1S/C10H16/c1-2-4-9(5-3-1)8-10-6-7-10/h1-2,9-10H,3-8H2. The summed E-state index contributed by atoms with van der Waals surface area (Å²) >= 11 is 0. The Labute approximate surface area is 63.3 Å². The van der Waals surface area contributed by atoms with E-state index in [-0.39, 0.29) is 0 Å². The molecule has 0 nitrogen and oxygen atoms in total. The van der Waals surface area contributed by atoms with E-state index in [0.29, 0.717) is 0 Å². The van der Waals surface area contributed by atoms with Crippen molar-refractivity contribution in [3.05, 3.63) is 12.2 Å². The summed E-state index contributed by atoms with van der Waals surface area (Å²) in [4.78, 5) is 0. The molecular formula is C10H16. The lowest BCUT2D eigenvalue weighted by Crippen LogP contribution is -2.02. The summed E-state index contributed by atoms with van der Waals surface area (Å²) in [5.41, 5.74) is 0. The lowest BCUT2D eigenvalue weighted by atomic mass is 9.90. The minimum absolute atomic E-state index is 1.05. The first kappa shape index (κ1) is 6.45. The molecule has 0 spiro atoms. The SMILES string of the molecule is C1=CCC(CC2CC2)CC1. The lowest BCUT2D eigenvalue weighted by molar-refractivity contribution is 0.421. The molecule has 0 heterocycles. The van der Waals surface area contributed by atoms with Gasteiger partial charge in [0.15, 0.2) is 0 Å². The molecule has 56 valence electrons. The summed E-state index contributed by atoms with van der Waals surface area (Å²) in [7, 11) is 0. The summed E-state index contributed by atoms with van der Waals surface area (Å²) in [6, 6.07) is 0. The summed E-state index contributed by atoms with van der Waals surface area (Å²) in [6.07, 6.45) is 13.5. The van der Waals surface area contributed by atoms with Crippen molar-refractivity contribution < 1.29 is 0 Å². The van der Waals surface area contributed by atoms with Gasteiger partial charge in [0, 0.05) is 0 Å². The van der Waals surface area contributed by atoms with E-state index in [2.05, 4.69) is 12.2 Å². The molecule has 1 fully saturated rings. The second-order valence-corrected chi connectivity index (χ2v) is 3.83. The molecule has 0 aromatic rings. The van der Waals surface area contributed by atoms with Crippen molar-refractivity contribution in [2.75, 3.05) is 0 Å². The number of hydrogen-bond donors (Lipinski definition) is 0. The second kappa shape index (κ2) is 2.77. The molecule has 0 saturated heterocycles. The molecule has 1 saturated carbocycles. The zero-order valence-electron chi connectivity index (χ0n) is 6.55. The highest BCUT2D eigenvalue weighted by Crippen LogP contribution is 2.38. The molecule has 1 unspecified atom stereocenters. The molecule has 2 aliphatic carbocycles. The molecule has 0 aromatic heterocycles. The van der Waals surface area contributed by atoms with Crippen LogP contribution in [0.15, 0.2) is 12.2 Å². The van der Waals surface area contributed by atoms with Crippen molar-refractivity contribution in [1.29, 1.82) is 0 Å². The van der Waals surface area contributed by atoms with Crippen molar-refractivity contribution in [3.8, 4) is 0 Å². The van der Waals surface area contributed by atoms with Crippen LogP contribution in [-0.2, 0) is 0 Å². The van der Waals surface area contributed by atoms with Crippen LogP contribution in [0.2, 0.25) is 0 Å². The summed E-state index contributed by atoms with van der Waals surface area (Å²) in [6.45, 7) is 0. The first-order valence-corrected chi connectivity index (χ1v) is 4.60. The van der Waals surface area contributed by atoms with Crippen molar-refractivity contribution in [1.82, 2.24) is 0 Å². The zero-order chi connectivity index (χ0) is 6.81. The molecule has 0 heteroatoms. The van der Waals surface area contributed by atoms with Crippen LogP contribution in [0.3, 0.4) is 0 Å². The minimum atomic E-state index is 1.05. The van der Waals surface area contributed by atoms with Gasteiger partial charge < -0.3 is 0 Å². The van der Waals surface area contributed by atoms with Crippen LogP contribution in [0.25, 0.3) is 0 Å².